The van der Waals surface area contributed by atoms with Gasteiger partial charge in [-0.1, -0.05) is 42.1 Å². The maximum Gasteiger partial charge on any atom is 0.271 e. The van der Waals surface area contributed by atoms with Crippen LogP contribution in [-0.2, 0) is 5.75 Å². The molecule has 0 aliphatic carbocycles. The van der Waals surface area contributed by atoms with Crippen molar-refractivity contribution in [1.82, 2.24) is 0 Å². The minimum Gasteiger partial charge on any atom is -0.377 e. The van der Waals surface area contributed by atoms with E-state index in [1.54, 1.807) is 6.07 Å². The first-order chi connectivity index (χ1) is 11.0. The smallest absolute Gasteiger partial charge is 0.271 e. The fourth-order valence-electron chi connectivity index (χ4n) is 1.69. The summed E-state index contributed by atoms with van der Waals surface area (Å²) in [4.78, 5) is 10.4. The fourth-order valence-corrected chi connectivity index (χ4v) is 2.98. The first kappa shape index (κ1) is 17.4. The Morgan fingerprint density at radius 2 is 2.04 bits per heavy atom. The molecule has 0 saturated heterocycles. The molecular weight excluding hydrogens is 427 g/mol. The minimum absolute atomic E-state index is 0.0220. The molecule has 6 nitrogen and oxygen atoms in total. The van der Waals surface area contributed by atoms with Gasteiger partial charge in [0.25, 0.3) is 5.69 Å². The summed E-state index contributed by atoms with van der Waals surface area (Å²) < 4.78 is 0.758. The molecule has 0 aromatic heterocycles. The molecule has 0 atom stereocenters. The van der Waals surface area contributed by atoms with Gasteiger partial charge in [-0.2, -0.15) is 5.10 Å². The van der Waals surface area contributed by atoms with Crippen LogP contribution in [0.3, 0.4) is 0 Å². The van der Waals surface area contributed by atoms with E-state index in [0.29, 0.717) is 16.5 Å². The number of nitro benzene ring substituents is 1. The number of nitro groups is 1. The lowest BCUT2D eigenvalue weighted by atomic mass is 10.2. The number of non-ortho nitro benzene ring substituents is 1. The Morgan fingerprint density at radius 3 is 2.74 bits per heavy atom. The first-order valence-corrected chi connectivity index (χ1v) is 8.59. The van der Waals surface area contributed by atoms with Gasteiger partial charge in [0.15, 0.2) is 5.17 Å². The monoisotopic (exact) mass is 440 g/mol. The second-order valence-electron chi connectivity index (χ2n) is 4.46. The molecule has 8 heteroatoms. The summed E-state index contributed by atoms with van der Waals surface area (Å²) in [6.07, 6.45) is 1.45. The summed E-state index contributed by atoms with van der Waals surface area (Å²) in [7, 11) is 0. The number of nitrogens with two attached hydrogens (primary N) is 1. The SMILES string of the molecule is NC(=NN=Cc1cc(I)cc([N+](=O)[O-])c1)SCc1ccccc1. The number of halogens is 1. The Kier molecular flexibility index (Phi) is 6.53. The van der Waals surface area contributed by atoms with E-state index in [1.807, 2.05) is 52.9 Å². The number of hydrogen-bond donors (Lipinski definition) is 1. The van der Waals surface area contributed by atoms with Crippen molar-refractivity contribution in [3.05, 3.63) is 73.3 Å². The molecule has 2 aromatic rings. The van der Waals surface area contributed by atoms with Crippen LogP contribution < -0.4 is 5.73 Å². The van der Waals surface area contributed by atoms with Crippen LogP contribution in [0.4, 0.5) is 5.69 Å². The molecular formula is C15H13IN4O2S. The number of thioether (sulfide) groups is 1. The van der Waals surface area contributed by atoms with Gasteiger partial charge >= 0.3 is 0 Å². The number of amidine groups is 1. The average Bonchev–Trinajstić information content (AvgIpc) is 2.53. The fraction of sp³-hybridized carbons (Fsp3) is 0.0667. The van der Waals surface area contributed by atoms with Crippen LogP contribution in [0.5, 0.6) is 0 Å². The van der Waals surface area contributed by atoms with Crippen LogP contribution in [0.2, 0.25) is 0 Å². The van der Waals surface area contributed by atoms with E-state index in [-0.39, 0.29) is 5.69 Å². The Labute approximate surface area is 151 Å². The predicted molar refractivity (Wildman–Crippen MR) is 103 cm³/mol. The molecule has 0 saturated carbocycles. The highest BCUT2D eigenvalue weighted by Crippen LogP contribution is 2.17. The maximum absolute atomic E-state index is 10.8. The molecule has 0 aliphatic heterocycles. The largest absolute Gasteiger partial charge is 0.377 e. The zero-order valence-corrected chi connectivity index (χ0v) is 14.9. The molecule has 0 amide bonds. The Hall–Kier alpha value is -1.94. The molecule has 2 aromatic carbocycles. The Bertz CT molecular complexity index is 750. The Balaban J connectivity index is 1.98. The number of nitrogens with zero attached hydrogens (tertiary/aromatic N) is 3. The van der Waals surface area contributed by atoms with Crippen molar-refractivity contribution in [3.8, 4) is 0 Å². The molecule has 0 aliphatic rings. The lowest BCUT2D eigenvalue weighted by molar-refractivity contribution is -0.384. The molecule has 23 heavy (non-hydrogen) atoms. The molecule has 0 spiro atoms. The topological polar surface area (TPSA) is 93.9 Å². The van der Waals surface area contributed by atoms with Gasteiger partial charge < -0.3 is 5.73 Å². The van der Waals surface area contributed by atoms with Gasteiger partial charge in [0.05, 0.1) is 11.1 Å². The molecule has 2 rings (SSSR count). The normalized spacial score (nSPS) is 11.8. The van der Waals surface area contributed by atoms with Crippen molar-refractivity contribution >= 4 is 51.4 Å². The Morgan fingerprint density at radius 1 is 1.30 bits per heavy atom. The molecule has 0 heterocycles. The third-order valence-corrected chi connectivity index (χ3v) is 4.19. The van der Waals surface area contributed by atoms with Gasteiger partial charge in [-0.05, 0) is 34.2 Å². The second kappa shape index (κ2) is 8.63. The lowest BCUT2D eigenvalue weighted by Crippen LogP contribution is -2.06. The summed E-state index contributed by atoms with van der Waals surface area (Å²) in [5.41, 5.74) is 7.56. The van der Waals surface area contributed by atoms with Gasteiger partial charge in [-0.15, -0.1) is 5.10 Å². The summed E-state index contributed by atoms with van der Waals surface area (Å²) in [6, 6.07) is 14.6. The van der Waals surface area contributed by atoms with E-state index < -0.39 is 4.92 Å². The molecule has 118 valence electrons. The molecule has 0 unspecified atom stereocenters. The van der Waals surface area contributed by atoms with Gasteiger partial charge in [0.2, 0.25) is 0 Å². The van der Waals surface area contributed by atoms with Crippen LogP contribution >= 0.6 is 34.4 Å². The quantitative estimate of drug-likeness (QED) is 0.252. The summed E-state index contributed by atoms with van der Waals surface area (Å²) in [6.45, 7) is 0. The highest BCUT2D eigenvalue weighted by atomic mass is 127. The highest BCUT2D eigenvalue weighted by Gasteiger charge is 2.07. The van der Waals surface area contributed by atoms with E-state index in [2.05, 4.69) is 10.2 Å². The van der Waals surface area contributed by atoms with Crippen molar-refractivity contribution < 1.29 is 4.92 Å². The van der Waals surface area contributed by atoms with Crippen LogP contribution in [-0.4, -0.2) is 16.3 Å². The van der Waals surface area contributed by atoms with E-state index in [4.69, 9.17) is 5.73 Å². The minimum atomic E-state index is -0.438. The van der Waals surface area contributed by atoms with Crippen LogP contribution in [0.25, 0.3) is 0 Å². The summed E-state index contributed by atoms with van der Waals surface area (Å²) >= 11 is 3.40. The van der Waals surface area contributed by atoms with Gasteiger partial charge in [0, 0.05) is 27.0 Å². The average molecular weight is 440 g/mol. The van der Waals surface area contributed by atoms with E-state index in [0.717, 1.165) is 9.13 Å². The van der Waals surface area contributed by atoms with Crippen LogP contribution in [0.15, 0.2) is 58.7 Å². The van der Waals surface area contributed by atoms with Crippen LogP contribution in [0.1, 0.15) is 11.1 Å². The predicted octanol–water partition coefficient (Wildman–Crippen LogP) is 3.78. The van der Waals surface area contributed by atoms with Gasteiger partial charge in [-0.25, -0.2) is 0 Å². The molecule has 2 N–H and O–H groups in total. The van der Waals surface area contributed by atoms with E-state index in [9.17, 15) is 10.1 Å². The van der Waals surface area contributed by atoms with Crippen molar-refractivity contribution in [3.63, 3.8) is 0 Å². The standard InChI is InChI=1S/C15H13IN4O2S/c16-13-6-12(7-14(8-13)20(21)22)9-18-19-15(17)23-10-11-4-2-1-3-5-11/h1-9H,10H2,(H2,17,19). The van der Waals surface area contributed by atoms with Crippen molar-refractivity contribution in [2.24, 2.45) is 15.9 Å². The van der Waals surface area contributed by atoms with Crippen molar-refractivity contribution in [2.45, 2.75) is 5.75 Å². The number of benzene rings is 2. The van der Waals surface area contributed by atoms with E-state index in [1.165, 1.54) is 30.1 Å². The van der Waals surface area contributed by atoms with Crippen molar-refractivity contribution in [2.75, 3.05) is 0 Å². The summed E-state index contributed by atoms with van der Waals surface area (Å²) in [5, 5.41) is 18.9. The highest BCUT2D eigenvalue weighted by molar-refractivity contribution is 14.1. The van der Waals surface area contributed by atoms with Gasteiger partial charge in [0.1, 0.15) is 0 Å². The number of rotatable bonds is 5. The van der Waals surface area contributed by atoms with E-state index >= 15 is 0 Å². The summed E-state index contributed by atoms with van der Waals surface area (Å²) in [5.74, 6) is 0.709. The van der Waals surface area contributed by atoms with Crippen LogP contribution in [0, 0.1) is 13.7 Å². The molecule has 0 radical (unpaired) electrons. The van der Waals surface area contributed by atoms with Gasteiger partial charge in [-0.3, -0.25) is 10.1 Å². The third-order valence-electron chi connectivity index (χ3n) is 2.71. The zero-order chi connectivity index (χ0) is 16.7. The first-order valence-electron chi connectivity index (χ1n) is 6.53. The molecule has 0 bridgehead atoms. The molecule has 0 fully saturated rings. The maximum atomic E-state index is 10.8. The lowest BCUT2D eigenvalue weighted by Gasteiger charge is -1.99. The third kappa shape index (κ3) is 5.99. The second-order valence-corrected chi connectivity index (χ2v) is 6.70. The zero-order valence-electron chi connectivity index (χ0n) is 11.9. The number of hydrogen-bond acceptors (Lipinski definition) is 5. The van der Waals surface area contributed by atoms with Crippen molar-refractivity contribution in [1.29, 1.82) is 0 Å².